The van der Waals surface area contributed by atoms with Gasteiger partial charge < -0.3 is 19.1 Å². The van der Waals surface area contributed by atoms with E-state index < -0.39 is 0 Å². The molecule has 0 unspecified atom stereocenters. The molecule has 6 heteroatoms. The number of rotatable bonds is 7. The second-order valence-electron chi connectivity index (χ2n) is 6.94. The normalized spacial score (nSPS) is 15.6. The third kappa shape index (κ3) is 4.31. The van der Waals surface area contributed by atoms with Gasteiger partial charge in [0.2, 0.25) is 5.75 Å². The molecule has 0 spiro atoms. The van der Waals surface area contributed by atoms with E-state index in [1.807, 2.05) is 27.7 Å². The summed E-state index contributed by atoms with van der Waals surface area (Å²) < 4.78 is 30.9. The molecule has 156 valence electrons. The highest BCUT2D eigenvalue weighted by Gasteiger charge is 2.30. The maximum atomic E-state index is 13.7. The second-order valence-corrected chi connectivity index (χ2v) is 6.94. The van der Waals surface area contributed by atoms with Gasteiger partial charge in [-0.1, -0.05) is 0 Å². The van der Waals surface area contributed by atoms with Gasteiger partial charge in [-0.15, -0.1) is 0 Å². The van der Waals surface area contributed by atoms with Gasteiger partial charge >= 0.3 is 0 Å². The first kappa shape index (κ1) is 21.0. The highest BCUT2D eigenvalue weighted by molar-refractivity contribution is 6.08. The van der Waals surface area contributed by atoms with E-state index in [0.29, 0.717) is 42.6 Å². The Morgan fingerprint density at radius 3 is 2.24 bits per heavy atom. The first-order valence-electron chi connectivity index (χ1n) is 10.2. The van der Waals surface area contributed by atoms with Crippen molar-refractivity contribution >= 4 is 11.6 Å². The fourth-order valence-electron chi connectivity index (χ4n) is 3.68. The van der Waals surface area contributed by atoms with Gasteiger partial charge in [0.1, 0.15) is 5.82 Å². The van der Waals surface area contributed by atoms with Crippen LogP contribution in [0.2, 0.25) is 0 Å². The molecule has 2 aromatic rings. The van der Waals surface area contributed by atoms with Crippen molar-refractivity contribution in [3.05, 3.63) is 47.3 Å². The number of ether oxygens (including phenoxy) is 3. The van der Waals surface area contributed by atoms with Crippen LogP contribution in [-0.2, 0) is 6.42 Å². The third-order valence-corrected chi connectivity index (χ3v) is 4.95. The van der Waals surface area contributed by atoms with Crippen LogP contribution in [0.25, 0.3) is 0 Å². The van der Waals surface area contributed by atoms with Crippen LogP contribution in [0.5, 0.6) is 17.2 Å². The number of aryl methyl sites for hydroxylation is 1. The summed E-state index contributed by atoms with van der Waals surface area (Å²) >= 11 is 0. The molecule has 0 radical (unpaired) electrons. The Morgan fingerprint density at radius 2 is 1.66 bits per heavy atom. The summed E-state index contributed by atoms with van der Waals surface area (Å²) in [7, 11) is 0. The molecule has 0 N–H and O–H groups in total. The van der Waals surface area contributed by atoms with E-state index in [9.17, 15) is 9.18 Å². The Kier molecular flexibility index (Phi) is 6.62. The van der Waals surface area contributed by atoms with Gasteiger partial charge in [0.05, 0.1) is 19.8 Å². The molecule has 0 fully saturated rings. The Balaban J connectivity index is 2.07. The van der Waals surface area contributed by atoms with Crippen LogP contribution >= 0.6 is 0 Å². The number of carbonyl (C=O) groups is 1. The largest absolute Gasteiger partial charge is 0.490 e. The third-order valence-electron chi connectivity index (χ3n) is 4.95. The number of hydrogen-bond donors (Lipinski definition) is 0. The Morgan fingerprint density at radius 1 is 1.03 bits per heavy atom. The first-order valence-corrected chi connectivity index (χ1v) is 10.2. The van der Waals surface area contributed by atoms with Crippen LogP contribution < -0.4 is 19.1 Å². The molecule has 1 atom stereocenters. The van der Waals surface area contributed by atoms with Crippen LogP contribution in [0.4, 0.5) is 10.1 Å². The van der Waals surface area contributed by atoms with E-state index >= 15 is 0 Å². The lowest BCUT2D eigenvalue weighted by Gasteiger charge is -2.35. The van der Waals surface area contributed by atoms with Crippen molar-refractivity contribution in [1.29, 1.82) is 0 Å². The number of anilines is 1. The minimum atomic E-state index is -0.288. The first-order chi connectivity index (χ1) is 14.0. The average molecular weight is 401 g/mol. The maximum absolute atomic E-state index is 13.7. The van der Waals surface area contributed by atoms with E-state index in [2.05, 4.69) is 0 Å². The monoisotopic (exact) mass is 401 g/mol. The number of nitrogens with zero attached hydrogens (tertiary/aromatic N) is 1. The molecule has 0 aliphatic carbocycles. The van der Waals surface area contributed by atoms with Crippen LogP contribution in [-0.4, -0.2) is 31.8 Å². The standard InChI is InChI=1S/C23H28FNO4/c1-5-27-20-13-17(14-21(28-6-2)22(20)29-7-3)23(26)25-15(4)8-9-16-12-18(24)10-11-19(16)25/h10-15H,5-9H2,1-4H3/t15-/m1/s1. The number of fused-ring (bicyclic) bond motifs is 1. The lowest BCUT2D eigenvalue weighted by Crippen LogP contribution is -2.42. The summed E-state index contributed by atoms with van der Waals surface area (Å²) in [4.78, 5) is 15.3. The Labute approximate surface area is 171 Å². The zero-order chi connectivity index (χ0) is 21.0. The van der Waals surface area contributed by atoms with E-state index in [4.69, 9.17) is 14.2 Å². The van der Waals surface area contributed by atoms with Crippen molar-refractivity contribution in [2.45, 2.75) is 46.6 Å². The van der Waals surface area contributed by atoms with Gasteiger partial charge in [0.15, 0.2) is 11.5 Å². The second kappa shape index (κ2) is 9.16. The maximum Gasteiger partial charge on any atom is 0.258 e. The summed E-state index contributed by atoms with van der Waals surface area (Å²) in [5, 5.41) is 0. The molecule has 29 heavy (non-hydrogen) atoms. The van der Waals surface area contributed by atoms with Crippen molar-refractivity contribution in [3.8, 4) is 17.2 Å². The lowest BCUT2D eigenvalue weighted by atomic mass is 9.95. The SMILES string of the molecule is CCOc1cc(C(=O)N2c3ccc(F)cc3CC[C@H]2C)cc(OCC)c1OCC. The Hall–Kier alpha value is -2.76. The number of carbonyl (C=O) groups excluding carboxylic acids is 1. The lowest BCUT2D eigenvalue weighted by molar-refractivity contribution is 0.0974. The summed E-state index contributed by atoms with van der Waals surface area (Å²) in [6.07, 6.45) is 1.52. The summed E-state index contributed by atoms with van der Waals surface area (Å²) in [5.41, 5.74) is 2.04. The topological polar surface area (TPSA) is 48.0 Å². The highest BCUT2D eigenvalue weighted by atomic mass is 19.1. The van der Waals surface area contributed by atoms with Gasteiger partial charge in [-0.2, -0.15) is 0 Å². The van der Waals surface area contributed by atoms with Crippen molar-refractivity contribution in [2.75, 3.05) is 24.7 Å². The van der Waals surface area contributed by atoms with Crippen LogP contribution in [0.1, 0.15) is 50.0 Å². The minimum Gasteiger partial charge on any atom is -0.490 e. The van der Waals surface area contributed by atoms with E-state index in [0.717, 1.165) is 24.1 Å². The van der Waals surface area contributed by atoms with Gasteiger partial charge in [0.25, 0.3) is 5.91 Å². The van der Waals surface area contributed by atoms with Gasteiger partial charge in [-0.25, -0.2) is 4.39 Å². The predicted molar refractivity (Wildman–Crippen MR) is 111 cm³/mol. The fraction of sp³-hybridized carbons (Fsp3) is 0.435. The van der Waals surface area contributed by atoms with Crippen LogP contribution in [0.15, 0.2) is 30.3 Å². The quantitative estimate of drug-likeness (QED) is 0.655. The van der Waals surface area contributed by atoms with Gasteiger partial charge in [-0.05, 0) is 76.4 Å². The molecule has 2 aromatic carbocycles. The Bertz CT molecular complexity index is 856. The van der Waals surface area contributed by atoms with Crippen molar-refractivity contribution in [3.63, 3.8) is 0 Å². The van der Waals surface area contributed by atoms with Crippen LogP contribution in [0, 0.1) is 5.82 Å². The molecule has 1 heterocycles. The molecule has 1 amide bonds. The highest BCUT2D eigenvalue weighted by Crippen LogP contribution is 2.40. The molecule has 5 nitrogen and oxygen atoms in total. The number of hydrogen-bond acceptors (Lipinski definition) is 4. The zero-order valence-electron chi connectivity index (χ0n) is 17.5. The molecule has 1 aliphatic rings. The minimum absolute atomic E-state index is 0.00174. The molecular formula is C23H28FNO4. The molecule has 0 bridgehead atoms. The number of amides is 1. The van der Waals surface area contributed by atoms with Crippen molar-refractivity contribution in [1.82, 2.24) is 0 Å². The summed E-state index contributed by atoms with van der Waals surface area (Å²) in [5.74, 6) is 1.00. The molecule has 0 saturated heterocycles. The number of benzene rings is 2. The average Bonchev–Trinajstić information content (AvgIpc) is 2.70. The van der Waals surface area contributed by atoms with Crippen molar-refractivity contribution < 1.29 is 23.4 Å². The molecule has 0 saturated carbocycles. The van der Waals surface area contributed by atoms with E-state index in [-0.39, 0.29) is 17.8 Å². The van der Waals surface area contributed by atoms with Crippen molar-refractivity contribution in [2.24, 2.45) is 0 Å². The van der Waals surface area contributed by atoms with E-state index in [1.54, 1.807) is 23.1 Å². The predicted octanol–water partition coefficient (Wildman–Crippen LogP) is 5.00. The van der Waals surface area contributed by atoms with E-state index in [1.165, 1.54) is 12.1 Å². The van der Waals surface area contributed by atoms with Crippen LogP contribution in [0.3, 0.4) is 0 Å². The van der Waals surface area contributed by atoms with Gasteiger partial charge in [-0.3, -0.25) is 4.79 Å². The van der Waals surface area contributed by atoms with Gasteiger partial charge in [0, 0.05) is 17.3 Å². The molecular weight excluding hydrogens is 373 g/mol. The molecule has 1 aliphatic heterocycles. The summed E-state index contributed by atoms with van der Waals surface area (Å²) in [6, 6.07) is 7.98. The smallest absolute Gasteiger partial charge is 0.258 e. The molecule has 0 aromatic heterocycles. The fourth-order valence-corrected chi connectivity index (χ4v) is 3.68. The molecule has 3 rings (SSSR count). The zero-order valence-corrected chi connectivity index (χ0v) is 17.5. The summed E-state index contributed by atoms with van der Waals surface area (Å²) in [6.45, 7) is 8.97. The number of halogens is 1.